The van der Waals surface area contributed by atoms with Crippen molar-refractivity contribution in [2.75, 3.05) is 23.3 Å². The number of aryl methyl sites for hydroxylation is 1. The van der Waals surface area contributed by atoms with E-state index in [1.165, 1.54) is 36.8 Å². The molecule has 6 rings (SSSR count). The molecule has 7 nitrogen and oxygen atoms in total. The number of para-hydroxylation sites is 1. The molecule has 1 aliphatic heterocycles. The molecule has 0 radical (unpaired) electrons. The predicted molar refractivity (Wildman–Crippen MR) is 136 cm³/mol. The summed E-state index contributed by atoms with van der Waals surface area (Å²) in [6.45, 7) is 4.70. The summed E-state index contributed by atoms with van der Waals surface area (Å²) in [5.41, 5.74) is 4.71. The Morgan fingerprint density at radius 2 is 1.76 bits per heavy atom. The minimum atomic E-state index is -0.0890. The highest BCUT2D eigenvalue weighted by Gasteiger charge is 2.46. The van der Waals surface area contributed by atoms with E-state index in [1.54, 1.807) is 11.6 Å². The van der Waals surface area contributed by atoms with E-state index in [9.17, 15) is 4.79 Å². The molecule has 2 fully saturated rings. The average Bonchev–Trinajstić information content (AvgIpc) is 3.49. The fraction of sp³-hybridized carbons (Fsp3) is 0.370. The van der Waals surface area contributed by atoms with Crippen LogP contribution in [0.3, 0.4) is 0 Å². The first-order valence-electron chi connectivity index (χ1n) is 12.1. The van der Waals surface area contributed by atoms with Crippen LogP contribution in [0.1, 0.15) is 36.8 Å². The van der Waals surface area contributed by atoms with Crippen LogP contribution in [-0.4, -0.2) is 32.2 Å². The monoisotopic (exact) mass is 454 g/mol. The third-order valence-electron chi connectivity index (χ3n) is 7.49. The van der Waals surface area contributed by atoms with Crippen molar-refractivity contribution in [2.24, 2.45) is 12.5 Å². The maximum absolute atomic E-state index is 13.7. The predicted octanol–water partition coefficient (Wildman–Crippen LogP) is 4.61. The summed E-state index contributed by atoms with van der Waals surface area (Å²) in [6, 6.07) is 18.2. The Hall–Kier alpha value is -3.61. The van der Waals surface area contributed by atoms with E-state index >= 15 is 0 Å². The first-order chi connectivity index (χ1) is 16.5. The normalized spacial score (nSPS) is 16.8. The van der Waals surface area contributed by atoms with E-state index in [2.05, 4.69) is 46.0 Å². The van der Waals surface area contributed by atoms with Crippen molar-refractivity contribution in [3.63, 3.8) is 0 Å². The molecule has 0 unspecified atom stereocenters. The van der Waals surface area contributed by atoms with Crippen molar-refractivity contribution < 1.29 is 0 Å². The van der Waals surface area contributed by atoms with Crippen LogP contribution < -0.4 is 15.8 Å². The molecule has 1 saturated heterocycles. The van der Waals surface area contributed by atoms with Gasteiger partial charge in [-0.1, -0.05) is 42.5 Å². The SMILES string of the molecule is Cc1ccccc1Cn1c(N2CCCC3(CC3)C2)nc2nc(Nc3ccccc3)n(C)c(=O)c21. The van der Waals surface area contributed by atoms with E-state index in [-0.39, 0.29) is 5.56 Å². The Bertz CT molecular complexity index is 1420. The van der Waals surface area contributed by atoms with Crippen molar-refractivity contribution in [2.45, 2.75) is 39.2 Å². The molecule has 1 aliphatic carbocycles. The van der Waals surface area contributed by atoms with Gasteiger partial charge in [-0.2, -0.15) is 9.97 Å². The maximum Gasteiger partial charge on any atom is 0.281 e. The summed E-state index contributed by atoms with van der Waals surface area (Å²) in [7, 11) is 1.77. The first kappa shape index (κ1) is 21.0. The van der Waals surface area contributed by atoms with Crippen molar-refractivity contribution in [3.05, 3.63) is 76.1 Å². The number of anilines is 3. The minimum Gasteiger partial charge on any atom is -0.342 e. The molecular weight excluding hydrogens is 424 g/mol. The van der Waals surface area contributed by atoms with Gasteiger partial charge < -0.3 is 10.2 Å². The van der Waals surface area contributed by atoms with E-state index in [4.69, 9.17) is 9.97 Å². The second-order valence-electron chi connectivity index (χ2n) is 9.91. The van der Waals surface area contributed by atoms with Gasteiger partial charge in [-0.3, -0.25) is 13.9 Å². The summed E-state index contributed by atoms with van der Waals surface area (Å²) in [4.78, 5) is 25.9. The summed E-state index contributed by atoms with van der Waals surface area (Å²) >= 11 is 0. The Labute approximate surface area is 199 Å². The maximum atomic E-state index is 13.7. The Morgan fingerprint density at radius 3 is 2.53 bits per heavy atom. The van der Waals surface area contributed by atoms with Crippen LogP contribution in [0.25, 0.3) is 11.2 Å². The molecule has 1 saturated carbocycles. The second kappa shape index (κ2) is 8.01. The number of aromatic nitrogens is 4. The minimum absolute atomic E-state index is 0.0890. The lowest BCUT2D eigenvalue weighted by molar-refractivity contribution is 0.389. The van der Waals surface area contributed by atoms with Crippen LogP contribution in [0, 0.1) is 12.3 Å². The quantitative estimate of drug-likeness (QED) is 0.477. The topological polar surface area (TPSA) is 68.0 Å². The molecule has 2 aromatic heterocycles. The fourth-order valence-corrected chi connectivity index (χ4v) is 5.22. The van der Waals surface area contributed by atoms with Crippen LogP contribution in [-0.2, 0) is 13.6 Å². The van der Waals surface area contributed by atoms with Crippen LogP contribution in [0.4, 0.5) is 17.6 Å². The third-order valence-corrected chi connectivity index (χ3v) is 7.49. The van der Waals surface area contributed by atoms with E-state index in [0.717, 1.165) is 24.7 Å². The van der Waals surface area contributed by atoms with Gasteiger partial charge in [-0.15, -0.1) is 0 Å². The van der Waals surface area contributed by atoms with Crippen LogP contribution in [0.5, 0.6) is 0 Å². The average molecular weight is 455 g/mol. The molecule has 7 heteroatoms. The lowest BCUT2D eigenvalue weighted by Gasteiger charge is -2.34. The molecule has 34 heavy (non-hydrogen) atoms. The lowest BCUT2D eigenvalue weighted by Crippen LogP contribution is -2.38. The summed E-state index contributed by atoms with van der Waals surface area (Å²) < 4.78 is 3.69. The van der Waals surface area contributed by atoms with Gasteiger partial charge in [-0.25, -0.2) is 0 Å². The molecule has 4 aromatic rings. The molecule has 0 amide bonds. The zero-order chi connectivity index (χ0) is 23.3. The number of nitrogens with zero attached hydrogens (tertiary/aromatic N) is 5. The van der Waals surface area contributed by atoms with Gasteiger partial charge in [0.05, 0.1) is 6.54 Å². The Kier molecular flexibility index (Phi) is 4.94. The smallest absolute Gasteiger partial charge is 0.281 e. The molecular formula is C27H30N6O. The van der Waals surface area contributed by atoms with Crippen molar-refractivity contribution in [1.29, 1.82) is 0 Å². The molecule has 3 heterocycles. The highest BCUT2D eigenvalue weighted by atomic mass is 16.1. The number of hydrogen-bond acceptors (Lipinski definition) is 5. The number of rotatable bonds is 5. The molecule has 2 aromatic carbocycles. The lowest BCUT2D eigenvalue weighted by atomic mass is 9.95. The molecule has 0 bridgehead atoms. The largest absolute Gasteiger partial charge is 0.342 e. The molecule has 1 spiro atoms. The van der Waals surface area contributed by atoms with Gasteiger partial charge in [0.15, 0.2) is 11.2 Å². The zero-order valence-electron chi connectivity index (χ0n) is 19.8. The van der Waals surface area contributed by atoms with E-state index in [1.807, 2.05) is 30.3 Å². The highest BCUT2D eigenvalue weighted by Crippen LogP contribution is 2.52. The standard InChI is InChI=1S/C27H30N6O/c1-19-9-6-7-10-20(19)17-33-22-23(30-26(33)32-16-8-13-27(18-32)14-15-27)29-25(31(2)24(22)34)28-21-11-4-3-5-12-21/h3-7,9-12H,8,13-18H2,1-2H3,(H,28,29). The highest BCUT2D eigenvalue weighted by molar-refractivity contribution is 5.76. The molecule has 1 N–H and O–H groups in total. The van der Waals surface area contributed by atoms with Gasteiger partial charge in [-0.05, 0) is 61.3 Å². The Balaban J connectivity index is 1.49. The van der Waals surface area contributed by atoms with Crippen LogP contribution in [0.15, 0.2) is 59.4 Å². The molecule has 2 aliphatic rings. The third kappa shape index (κ3) is 3.65. The van der Waals surface area contributed by atoms with Crippen molar-refractivity contribution in [3.8, 4) is 0 Å². The number of fused-ring (bicyclic) bond motifs is 1. The van der Waals surface area contributed by atoms with Crippen molar-refractivity contribution >= 4 is 28.7 Å². The number of nitrogens with one attached hydrogen (secondary N) is 1. The molecule has 174 valence electrons. The first-order valence-corrected chi connectivity index (χ1v) is 12.1. The summed E-state index contributed by atoms with van der Waals surface area (Å²) in [5.74, 6) is 1.36. The second-order valence-corrected chi connectivity index (χ2v) is 9.91. The van der Waals surface area contributed by atoms with E-state index < -0.39 is 0 Å². The van der Waals surface area contributed by atoms with Gasteiger partial charge in [0.2, 0.25) is 11.9 Å². The zero-order valence-corrected chi connectivity index (χ0v) is 19.8. The van der Waals surface area contributed by atoms with Crippen molar-refractivity contribution in [1.82, 2.24) is 19.1 Å². The molecule has 0 atom stereocenters. The summed E-state index contributed by atoms with van der Waals surface area (Å²) in [6.07, 6.45) is 5.06. The number of hydrogen-bond donors (Lipinski definition) is 1. The van der Waals surface area contributed by atoms with Gasteiger partial charge >= 0.3 is 0 Å². The van der Waals surface area contributed by atoms with Gasteiger partial charge in [0, 0.05) is 25.8 Å². The van der Waals surface area contributed by atoms with Crippen LogP contribution >= 0.6 is 0 Å². The number of benzene rings is 2. The van der Waals surface area contributed by atoms with Gasteiger partial charge in [0.25, 0.3) is 5.56 Å². The number of imidazole rings is 1. The number of piperidine rings is 1. The van der Waals surface area contributed by atoms with Crippen LogP contribution in [0.2, 0.25) is 0 Å². The van der Waals surface area contributed by atoms with Gasteiger partial charge in [0.1, 0.15) is 0 Å². The fourth-order valence-electron chi connectivity index (χ4n) is 5.22. The summed E-state index contributed by atoms with van der Waals surface area (Å²) in [5, 5.41) is 3.28. The van der Waals surface area contributed by atoms with E-state index in [0.29, 0.717) is 29.1 Å². The Morgan fingerprint density at radius 1 is 1.00 bits per heavy atom.